The van der Waals surface area contributed by atoms with Crippen molar-refractivity contribution in [3.05, 3.63) is 0 Å². The molecule has 5 heteroatoms. The summed E-state index contributed by atoms with van der Waals surface area (Å²) >= 11 is 0. The SMILES string of the molecule is CC(F)S(=O)(=O)C(C)F. The Bertz CT molecular complexity index is 157. The minimum absolute atomic E-state index is 0.797. The highest BCUT2D eigenvalue weighted by Crippen LogP contribution is 2.10. The van der Waals surface area contributed by atoms with Crippen LogP contribution in [0.3, 0.4) is 0 Å². The number of halogens is 2. The fourth-order valence-electron chi connectivity index (χ4n) is 0.258. The first-order valence-electron chi connectivity index (χ1n) is 2.40. The van der Waals surface area contributed by atoms with Gasteiger partial charge in [0.1, 0.15) is 0 Å². The van der Waals surface area contributed by atoms with Crippen LogP contribution in [0.2, 0.25) is 0 Å². The second-order valence-electron chi connectivity index (χ2n) is 1.68. The third-order valence-corrected chi connectivity index (χ3v) is 2.72. The second kappa shape index (κ2) is 2.60. The summed E-state index contributed by atoms with van der Waals surface area (Å²) in [5.74, 6) is 0. The molecule has 0 aromatic heterocycles. The predicted octanol–water partition coefficient (Wildman–Crippen LogP) is 1.03. The number of hydrogen-bond acceptors (Lipinski definition) is 2. The lowest BCUT2D eigenvalue weighted by molar-refractivity contribution is 0.395. The zero-order valence-corrected chi connectivity index (χ0v) is 5.95. The maximum atomic E-state index is 11.9. The number of rotatable bonds is 2. The van der Waals surface area contributed by atoms with Gasteiger partial charge in [-0.3, -0.25) is 0 Å². The fraction of sp³-hybridized carbons (Fsp3) is 1.00. The summed E-state index contributed by atoms with van der Waals surface area (Å²) in [6.07, 6.45) is 0. The standard InChI is InChI=1S/C4H8F2O2S/c1-3(5)9(7,8)4(2)6/h3-4H,1-2H3. The van der Waals surface area contributed by atoms with Gasteiger partial charge >= 0.3 is 0 Å². The Morgan fingerprint density at radius 1 is 1.11 bits per heavy atom. The summed E-state index contributed by atoms with van der Waals surface area (Å²) in [6.45, 7) is 1.59. The number of alkyl halides is 2. The van der Waals surface area contributed by atoms with Crippen LogP contribution in [0.4, 0.5) is 8.78 Å². The lowest BCUT2D eigenvalue weighted by Crippen LogP contribution is -2.21. The van der Waals surface area contributed by atoms with E-state index in [0.29, 0.717) is 0 Å². The Kier molecular flexibility index (Phi) is 2.54. The quantitative estimate of drug-likeness (QED) is 0.601. The average molecular weight is 158 g/mol. The largest absolute Gasteiger partial charge is 0.230 e. The van der Waals surface area contributed by atoms with Crippen molar-refractivity contribution in [2.45, 2.75) is 24.9 Å². The summed E-state index contributed by atoms with van der Waals surface area (Å²) in [5, 5.41) is 0. The molecule has 2 nitrogen and oxygen atoms in total. The van der Waals surface area contributed by atoms with Gasteiger partial charge < -0.3 is 0 Å². The Morgan fingerprint density at radius 3 is 1.33 bits per heavy atom. The summed E-state index contributed by atoms with van der Waals surface area (Å²) < 4.78 is 44.4. The zero-order chi connectivity index (χ0) is 7.65. The van der Waals surface area contributed by atoms with E-state index in [1.165, 1.54) is 0 Å². The first-order chi connectivity index (χ1) is 3.89. The van der Waals surface area contributed by atoms with Gasteiger partial charge in [-0.15, -0.1) is 0 Å². The molecular formula is C4H8F2O2S. The van der Waals surface area contributed by atoms with E-state index in [4.69, 9.17) is 0 Å². The van der Waals surface area contributed by atoms with Gasteiger partial charge in [0.2, 0.25) is 20.8 Å². The van der Waals surface area contributed by atoms with Crippen LogP contribution in [-0.2, 0) is 9.84 Å². The van der Waals surface area contributed by atoms with Crippen molar-refractivity contribution in [3.63, 3.8) is 0 Å². The van der Waals surface area contributed by atoms with Gasteiger partial charge in [0.05, 0.1) is 0 Å². The van der Waals surface area contributed by atoms with Crippen LogP contribution in [-0.4, -0.2) is 19.4 Å². The molecule has 2 atom stereocenters. The molecule has 0 saturated heterocycles. The predicted molar refractivity (Wildman–Crippen MR) is 30.1 cm³/mol. The van der Waals surface area contributed by atoms with E-state index < -0.39 is 20.8 Å². The van der Waals surface area contributed by atoms with E-state index in [2.05, 4.69) is 0 Å². The normalized spacial score (nSPS) is 19.1. The first-order valence-corrected chi connectivity index (χ1v) is 4.01. The summed E-state index contributed by atoms with van der Waals surface area (Å²) in [7, 11) is -4.15. The molecule has 0 bridgehead atoms. The molecule has 2 unspecified atom stereocenters. The van der Waals surface area contributed by atoms with E-state index in [-0.39, 0.29) is 0 Å². The summed E-state index contributed by atoms with van der Waals surface area (Å²) in [4.78, 5) is 0. The summed E-state index contributed by atoms with van der Waals surface area (Å²) in [5.41, 5.74) is -4.23. The molecule has 0 heterocycles. The van der Waals surface area contributed by atoms with E-state index in [0.717, 1.165) is 13.8 Å². The zero-order valence-electron chi connectivity index (χ0n) is 5.14. The minimum atomic E-state index is -4.15. The van der Waals surface area contributed by atoms with E-state index in [9.17, 15) is 17.2 Å². The smallest absolute Gasteiger partial charge is 0.213 e. The molecule has 0 rings (SSSR count). The Balaban J connectivity index is 4.42. The highest BCUT2D eigenvalue weighted by molar-refractivity contribution is 7.92. The Labute approximate surface area is 52.8 Å². The Hall–Kier alpha value is -0.190. The van der Waals surface area contributed by atoms with Crippen LogP contribution >= 0.6 is 0 Å². The number of hydrogen-bond donors (Lipinski definition) is 0. The van der Waals surface area contributed by atoms with Gasteiger partial charge in [-0.2, -0.15) is 0 Å². The van der Waals surface area contributed by atoms with Gasteiger partial charge in [0.25, 0.3) is 0 Å². The monoisotopic (exact) mass is 158 g/mol. The van der Waals surface area contributed by atoms with Crippen molar-refractivity contribution in [2.24, 2.45) is 0 Å². The molecule has 0 aliphatic carbocycles. The fourth-order valence-corrected chi connectivity index (χ4v) is 0.775. The molecule has 0 aliphatic rings. The van der Waals surface area contributed by atoms with Gasteiger partial charge in [0.15, 0.2) is 0 Å². The van der Waals surface area contributed by atoms with Gasteiger partial charge in [0, 0.05) is 0 Å². The van der Waals surface area contributed by atoms with Crippen molar-refractivity contribution in [1.82, 2.24) is 0 Å². The third kappa shape index (κ3) is 1.89. The molecule has 0 aromatic carbocycles. The average Bonchev–Trinajstić information content (AvgIpc) is 1.65. The Morgan fingerprint density at radius 2 is 1.33 bits per heavy atom. The lowest BCUT2D eigenvalue weighted by atomic mass is 10.9. The molecule has 0 N–H and O–H groups in total. The minimum Gasteiger partial charge on any atom is -0.230 e. The molecule has 0 aromatic rings. The maximum absolute atomic E-state index is 11.9. The highest BCUT2D eigenvalue weighted by Gasteiger charge is 2.26. The molecule has 0 spiro atoms. The highest BCUT2D eigenvalue weighted by atomic mass is 32.2. The van der Waals surface area contributed by atoms with Crippen LogP contribution in [0.1, 0.15) is 13.8 Å². The topological polar surface area (TPSA) is 34.1 Å². The number of sulfone groups is 1. The molecule has 9 heavy (non-hydrogen) atoms. The van der Waals surface area contributed by atoms with Crippen molar-refractivity contribution >= 4 is 9.84 Å². The van der Waals surface area contributed by atoms with E-state index in [1.54, 1.807) is 0 Å². The second-order valence-corrected chi connectivity index (χ2v) is 4.15. The van der Waals surface area contributed by atoms with Crippen molar-refractivity contribution in [3.8, 4) is 0 Å². The van der Waals surface area contributed by atoms with Gasteiger partial charge in [-0.05, 0) is 13.8 Å². The van der Waals surface area contributed by atoms with Crippen LogP contribution in [0.5, 0.6) is 0 Å². The molecule has 0 amide bonds. The molecular weight excluding hydrogens is 150 g/mol. The summed E-state index contributed by atoms with van der Waals surface area (Å²) in [6, 6.07) is 0. The molecule has 0 saturated carbocycles. The first kappa shape index (κ1) is 8.81. The molecule has 0 fully saturated rings. The van der Waals surface area contributed by atoms with Gasteiger partial charge in [-0.1, -0.05) is 0 Å². The van der Waals surface area contributed by atoms with E-state index >= 15 is 0 Å². The van der Waals surface area contributed by atoms with E-state index in [1.807, 2.05) is 0 Å². The molecule has 0 radical (unpaired) electrons. The van der Waals surface area contributed by atoms with Crippen LogP contribution in [0, 0.1) is 0 Å². The maximum Gasteiger partial charge on any atom is 0.213 e. The van der Waals surface area contributed by atoms with Crippen molar-refractivity contribution in [1.29, 1.82) is 0 Å². The van der Waals surface area contributed by atoms with Crippen LogP contribution in [0.15, 0.2) is 0 Å². The van der Waals surface area contributed by atoms with Gasteiger partial charge in [-0.25, -0.2) is 17.2 Å². The third-order valence-electron chi connectivity index (χ3n) is 0.905. The molecule has 0 aliphatic heterocycles. The molecule has 56 valence electrons. The lowest BCUT2D eigenvalue weighted by Gasteiger charge is -2.03. The van der Waals surface area contributed by atoms with Crippen LogP contribution in [0.25, 0.3) is 0 Å². The van der Waals surface area contributed by atoms with Crippen molar-refractivity contribution < 1.29 is 17.2 Å². The van der Waals surface area contributed by atoms with Crippen molar-refractivity contribution in [2.75, 3.05) is 0 Å². The van der Waals surface area contributed by atoms with Crippen LogP contribution < -0.4 is 0 Å².